The normalized spacial score (nSPS) is 19.3. The van der Waals surface area contributed by atoms with Gasteiger partial charge in [0.15, 0.2) is 5.96 Å². The fraction of sp³-hybridized carbons (Fsp3) is 0.789. The maximum absolute atomic E-state index is 4.98. The second kappa shape index (κ2) is 6.77. The summed E-state index contributed by atoms with van der Waals surface area (Å²) in [5.74, 6) is 1.02. The number of hydrogen-bond acceptors (Lipinski definition) is 2. The third-order valence-corrected chi connectivity index (χ3v) is 5.89. The highest BCUT2D eigenvalue weighted by molar-refractivity contribution is 5.82. The van der Waals surface area contributed by atoms with Gasteiger partial charge in [0.05, 0.1) is 12.2 Å². The van der Waals surface area contributed by atoms with Crippen molar-refractivity contribution in [2.75, 3.05) is 13.1 Å². The molecule has 0 amide bonds. The van der Waals surface area contributed by atoms with Gasteiger partial charge in [-0.1, -0.05) is 27.7 Å². The Morgan fingerprint density at radius 1 is 1.17 bits per heavy atom. The van der Waals surface area contributed by atoms with E-state index < -0.39 is 0 Å². The molecule has 0 bridgehead atoms. The molecule has 1 N–H and O–H groups in total. The Morgan fingerprint density at radius 3 is 2.29 bits per heavy atom. The Morgan fingerprint density at radius 2 is 1.83 bits per heavy atom. The molecule has 0 aliphatic carbocycles. The van der Waals surface area contributed by atoms with Crippen molar-refractivity contribution in [1.82, 2.24) is 20.0 Å². The molecule has 1 fully saturated rings. The van der Waals surface area contributed by atoms with Crippen LogP contribution < -0.4 is 5.32 Å². The monoisotopic (exact) mass is 333 g/mol. The molecule has 5 nitrogen and oxygen atoms in total. The molecule has 0 unspecified atom stereocenters. The van der Waals surface area contributed by atoms with Crippen LogP contribution in [0, 0.1) is 5.41 Å². The summed E-state index contributed by atoms with van der Waals surface area (Å²) < 4.78 is 2.02. The fourth-order valence-electron chi connectivity index (χ4n) is 3.52. The summed E-state index contributed by atoms with van der Waals surface area (Å²) in [5.41, 5.74) is 4.20. The Kier molecular flexibility index (Phi) is 5.31. The van der Waals surface area contributed by atoms with Crippen molar-refractivity contribution in [1.29, 1.82) is 0 Å². The molecule has 24 heavy (non-hydrogen) atoms. The van der Waals surface area contributed by atoms with Crippen LogP contribution in [0.2, 0.25) is 0 Å². The Labute approximate surface area is 147 Å². The first-order valence-electron chi connectivity index (χ1n) is 9.29. The van der Waals surface area contributed by atoms with Crippen molar-refractivity contribution in [3.8, 4) is 0 Å². The zero-order valence-corrected chi connectivity index (χ0v) is 16.8. The van der Waals surface area contributed by atoms with Crippen molar-refractivity contribution in [3.05, 3.63) is 17.0 Å². The minimum absolute atomic E-state index is 0.115. The smallest absolute Gasteiger partial charge is 0.194 e. The van der Waals surface area contributed by atoms with Crippen LogP contribution in [0.15, 0.2) is 4.99 Å². The summed E-state index contributed by atoms with van der Waals surface area (Å²) in [4.78, 5) is 7.38. The standard InChI is InChI=1S/C19H35N5/c1-9-15-14(16(10-2)23(8)22-15)12-21-17(20-11-3)24-13-18(4,5)19(24,6)7/h9-13H2,1-8H3,(H,20,21). The van der Waals surface area contributed by atoms with Crippen LogP contribution in [0.4, 0.5) is 0 Å². The highest BCUT2D eigenvalue weighted by Gasteiger charge is 2.53. The maximum atomic E-state index is 4.98. The number of likely N-dealkylation sites (tertiary alicyclic amines) is 1. The number of aromatic nitrogens is 2. The van der Waals surface area contributed by atoms with E-state index in [0.29, 0.717) is 12.0 Å². The highest BCUT2D eigenvalue weighted by atomic mass is 15.4. The number of nitrogens with zero attached hydrogens (tertiary/aromatic N) is 4. The number of aryl methyl sites for hydroxylation is 2. The molecular weight excluding hydrogens is 298 g/mol. The molecule has 0 aromatic carbocycles. The molecule has 0 saturated carbocycles. The van der Waals surface area contributed by atoms with Crippen molar-refractivity contribution in [3.63, 3.8) is 0 Å². The van der Waals surface area contributed by atoms with E-state index in [-0.39, 0.29) is 5.54 Å². The molecule has 0 atom stereocenters. The molecule has 1 aliphatic heterocycles. The molecule has 2 rings (SSSR count). The third kappa shape index (κ3) is 3.05. The zero-order chi connectivity index (χ0) is 18.1. The Bertz CT molecular complexity index is 610. The molecule has 0 radical (unpaired) electrons. The molecule has 1 aliphatic rings. The average molecular weight is 334 g/mol. The summed E-state index contributed by atoms with van der Waals surface area (Å²) >= 11 is 0. The lowest BCUT2D eigenvalue weighted by Gasteiger charge is -2.62. The number of hydrogen-bond donors (Lipinski definition) is 1. The second-order valence-corrected chi connectivity index (χ2v) is 7.90. The predicted molar refractivity (Wildman–Crippen MR) is 101 cm³/mol. The van der Waals surface area contributed by atoms with E-state index in [4.69, 9.17) is 4.99 Å². The lowest BCUT2D eigenvalue weighted by molar-refractivity contribution is -0.0667. The lowest BCUT2D eigenvalue weighted by atomic mass is 9.65. The van der Waals surface area contributed by atoms with E-state index in [1.165, 1.54) is 17.0 Å². The molecule has 136 valence electrons. The molecule has 1 aromatic heterocycles. The summed E-state index contributed by atoms with van der Waals surface area (Å²) in [6, 6.07) is 0. The summed E-state index contributed by atoms with van der Waals surface area (Å²) in [5, 5.41) is 8.15. The van der Waals surface area contributed by atoms with E-state index in [1.54, 1.807) is 0 Å². The van der Waals surface area contributed by atoms with Crippen LogP contribution in [-0.2, 0) is 26.4 Å². The molecule has 0 spiro atoms. The quantitative estimate of drug-likeness (QED) is 0.665. The largest absolute Gasteiger partial charge is 0.356 e. The van der Waals surface area contributed by atoms with Crippen LogP contribution in [-0.4, -0.2) is 39.3 Å². The van der Waals surface area contributed by atoms with Gasteiger partial charge in [0.2, 0.25) is 0 Å². The topological polar surface area (TPSA) is 45.5 Å². The minimum Gasteiger partial charge on any atom is -0.356 e. The summed E-state index contributed by atoms with van der Waals surface area (Å²) in [6.45, 7) is 18.4. The van der Waals surface area contributed by atoms with Gasteiger partial charge in [0.1, 0.15) is 0 Å². The van der Waals surface area contributed by atoms with Crippen LogP contribution in [0.25, 0.3) is 0 Å². The van der Waals surface area contributed by atoms with E-state index in [2.05, 4.69) is 63.8 Å². The molecule has 5 heteroatoms. The molecule has 1 saturated heterocycles. The Hall–Kier alpha value is -1.52. The maximum Gasteiger partial charge on any atom is 0.194 e. The average Bonchev–Trinajstić information content (AvgIpc) is 2.84. The summed E-state index contributed by atoms with van der Waals surface area (Å²) in [7, 11) is 2.04. The zero-order valence-electron chi connectivity index (χ0n) is 16.8. The van der Waals surface area contributed by atoms with Gasteiger partial charge in [-0.05, 0) is 33.6 Å². The van der Waals surface area contributed by atoms with Gasteiger partial charge in [-0.2, -0.15) is 5.10 Å². The van der Waals surface area contributed by atoms with E-state index in [0.717, 1.165) is 31.9 Å². The number of aliphatic imine (C=N–C) groups is 1. The Balaban J connectivity index is 2.28. The summed E-state index contributed by atoms with van der Waals surface area (Å²) in [6.07, 6.45) is 1.95. The van der Waals surface area contributed by atoms with E-state index >= 15 is 0 Å². The van der Waals surface area contributed by atoms with Crippen molar-refractivity contribution in [2.24, 2.45) is 17.5 Å². The van der Waals surface area contributed by atoms with E-state index in [9.17, 15) is 0 Å². The van der Waals surface area contributed by atoms with Crippen LogP contribution in [0.3, 0.4) is 0 Å². The van der Waals surface area contributed by atoms with Gasteiger partial charge in [0.25, 0.3) is 0 Å². The van der Waals surface area contributed by atoms with Crippen LogP contribution in [0.1, 0.15) is 65.4 Å². The molecule has 2 heterocycles. The van der Waals surface area contributed by atoms with Crippen molar-refractivity contribution < 1.29 is 0 Å². The van der Waals surface area contributed by atoms with Crippen LogP contribution in [0.5, 0.6) is 0 Å². The molecule has 1 aromatic rings. The van der Waals surface area contributed by atoms with Gasteiger partial charge >= 0.3 is 0 Å². The first-order valence-corrected chi connectivity index (χ1v) is 9.29. The first kappa shape index (κ1) is 18.8. The van der Waals surface area contributed by atoms with Crippen molar-refractivity contribution in [2.45, 2.75) is 73.4 Å². The first-order chi connectivity index (χ1) is 11.2. The highest BCUT2D eigenvalue weighted by Crippen LogP contribution is 2.46. The SMILES string of the molecule is CCNC(=NCc1c(CC)nn(C)c1CC)N1CC(C)(C)C1(C)C. The fourth-order valence-corrected chi connectivity index (χ4v) is 3.52. The predicted octanol–water partition coefficient (Wildman–Crippen LogP) is 3.13. The van der Waals surface area contributed by atoms with Gasteiger partial charge in [-0.15, -0.1) is 0 Å². The van der Waals surface area contributed by atoms with Crippen LogP contribution >= 0.6 is 0 Å². The number of rotatable bonds is 5. The second-order valence-electron chi connectivity index (χ2n) is 7.90. The third-order valence-electron chi connectivity index (χ3n) is 5.89. The number of guanidine groups is 1. The molecular formula is C19H35N5. The van der Waals surface area contributed by atoms with E-state index in [1.807, 2.05) is 11.7 Å². The van der Waals surface area contributed by atoms with Crippen molar-refractivity contribution >= 4 is 5.96 Å². The minimum atomic E-state index is 0.115. The lowest BCUT2D eigenvalue weighted by Crippen LogP contribution is -2.72. The van der Waals surface area contributed by atoms with Gasteiger partial charge < -0.3 is 10.2 Å². The van der Waals surface area contributed by atoms with Gasteiger partial charge in [0, 0.05) is 42.3 Å². The number of nitrogens with one attached hydrogen (secondary N) is 1. The van der Waals surface area contributed by atoms with Gasteiger partial charge in [-0.3, -0.25) is 4.68 Å². The van der Waals surface area contributed by atoms with Gasteiger partial charge in [-0.25, -0.2) is 4.99 Å².